The van der Waals surface area contributed by atoms with E-state index < -0.39 is 0 Å². The molecule has 4 nitrogen and oxygen atoms in total. The van der Waals surface area contributed by atoms with E-state index in [0.29, 0.717) is 11.6 Å². The van der Waals surface area contributed by atoms with E-state index in [1.807, 2.05) is 0 Å². The number of rotatable bonds is 9. The molecule has 1 rings (SSSR count). The second kappa shape index (κ2) is 8.10. The van der Waals surface area contributed by atoms with Crippen molar-refractivity contribution in [1.29, 1.82) is 0 Å². The van der Waals surface area contributed by atoms with Crippen LogP contribution in [0.2, 0.25) is 0 Å². The van der Waals surface area contributed by atoms with Gasteiger partial charge in [-0.2, -0.15) is 0 Å². The molecule has 0 saturated heterocycles. The molecule has 0 spiro atoms. The largest absolute Gasteiger partial charge is 0.383 e. The maximum Gasteiger partial charge on any atom is 0.0615 e. The van der Waals surface area contributed by atoms with Crippen LogP contribution in [0.3, 0.4) is 0 Å². The molecule has 1 saturated carbocycles. The quantitative estimate of drug-likeness (QED) is 0.652. The maximum atomic E-state index is 5.59. The summed E-state index contributed by atoms with van der Waals surface area (Å²) in [5.74, 6) is 0. The Balaban J connectivity index is 2.43. The number of hydrogen-bond donors (Lipinski definition) is 2. The predicted molar refractivity (Wildman–Crippen MR) is 76.8 cm³/mol. The van der Waals surface area contributed by atoms with Crippen molar-refractivity contribution in [3.05, 3.63) is 0 Å². The Morgan fingerprint density at radius 1 is 1.33 bits per heavy atom. The molecule has 3 N–H and O–H groups in total. The SMILES string of the molecule is COCC(CCCN)NCC1(N(C)C)CCCC1. The van der Waals surface area contributed by atoms with E-state index in [-0.39, 0.29) is 0 Å². The third-order valence-electron chi connectivity index (χ3n) is 4.33. The van der Waals surface area contributed by atoms with Crippen LogP contribution >= 0.6 is 0 Å². The highest BCUT2D eigenvalue weighted by Crippen LogP contribution is 2.33. The number of methoxy groups -OCH3 is 1. The zero-order chi connectivity index (χ0) is 13.4. The lowest BCUT2D eigenvalue weighted by molar-refractivity contribution is 0.123. The van der Waals surface area contributed by atoms with Crippen LogP contribution < -0.4 is 11.1 Å². The lowest BCUT2D eigenvalue weighted by atomic mass is 9.95. The summed E-state index contributed by atoms with van der Waals surface area (Å²) < 4.78 is 5.29. The van der Waals surface area contributed by atoms with Gasteiger partial charge in [-0.15, -0.1) is 0 Å². The Morgan fingerprint density at radius 3 is 2.50 bits per heavy atom. The standard InChI is InChI=1S/C14H31N3O/c1-17(2)14(8-4-5-9-14)12-16-13(11-18-3)7-6-10-15/h13,16H,4-12,15H2,1-3H3. The Bertz CT molecular complexity index is 215. The van der Waals surface area contributed by atoms with Crippen LogP contribution in [-0.4, -0.2) is 57.4 Å². The molecule has 0 amide bonds. The number of nitrogens with one attached hydrogen (secondary N) is 1. The van der Waals surface area contributed by atoms with Crippen LogP contribution in [0, 0.1) is 0 Å². The fourth-order valence-corrected chi connectivity index (χ4v) is 2.96. The maximum absolute atomic E-state index is 5.59. The first kappa shape index (κ1) is 15.9. The second-order valence-corrected chi connectivity index (χ2v) is 5.79. The summed E-state index contributed by atoms with van der Waals surface area (Å²) in [6.07, 6.45) is 7.51. The molecular weight excluding hydrogens is 226 g/mol. The van der Waals surface area contributed by atoms with Crippen molar-refractivity contribution in [2.45, 2.75) is 50.1 Å². The number of nitrogens with zero attached hydrogens (tertiary/aromatic N) is 1. The summed E-state index contributed by atoms with van der Waals surface area (Å²) in [6, 6.07) is 0.441. The van der Waals surface area contributed by atoms with E-state index in [9.17, 15) is 0 Å². The predicted octanol–water partition coefficient (Wildman–Crippen LogP) is 1.20. The average molecular weight is 257 g/mol. The molecule has 1 fully saturated rings. The smallest absolute Gasteiger partial charge is 0.0615 e. The fraction of sp³-hybridized carbons (Fsp3) is 1.00. The molecule has 0 aromatic heterocycles. The molecule has 0 aliphatic heterocycles. The van der Waals surface area contributed by atoms with E-state index in [2.05, 4.69) is 24.3 Å². The van der Waals surface area contributed by atoms with Crippen molar-refractivity contribution < 1.29 is 4.74 Å². The van der Waals surface area contributed by atoms with Crippen molar-refractivity contribution in [3.63, 3.8) is 0 Å². The van der Waals surface area contributed by atoms with E-state index in [4.69, 9.17) is 10.5 Å². The summed E-state index contributed by atoms with van der Waals surface area (Å²) in [4.78, 5) is 2.40. The van der Waals surface area contributed by atoms with Gasteiger partial charge in [0.05, 0.1) is 6.61 Å². The molecule has 0 bridgehead atoms. The van der Waals surface area contributed by atoms with Crippen molar-refractivity contribution in [1.82, 2.24) is 10.2 Å². The van der Waals surface area contributed by atoms with E-state index in [1.54, 1.807) is 7.11 Å². The van der Waals surface area contributed by atoms with Crippen LogP contribution in [-0.2, 0) is 4.74 Å². The minimum Gasteiger partial charge on any atom is -0.383 e. The molecule has 1 aliphatic rings. The summed E-state index contributed by atoms with van der Waals surface area (Å²) in [7, 11) is 6.19. The fourth-order valence-electron chi connectivity index (χ4n) is 2.96. The first-order valence-electron chi connectivity index (χ1n) is 7.24. The van der Waals surface area contributed by atoms with Gasteiger partial charge in [-0.05, 0) is 46.3 Å². The van der Waals surface area contributed by atoms with Gasteiger partial charge in [0.1, 0.15) is 0 Å². The molecule has 0 radical (unpaired) electrons. The van der Waals surface area contributed by atoms with Gasteiger partial charge in [0.15, 0.2) is 0 Å². The van der Waals surface area contributed by atoms with Gasteiger partial charge >= 0.3 is 0 Å². The number of nitrogens with two attached hydrogens (primary N) is 1. The summed E-state index contributed by atoms with van der Waals surface area (Å²) in [5.41, 5.74) is 5.94. The third-order valence-corrected chi connectivity index (χ3v) is 4.33. The van der Waals surface area contributed by atoms with Gasteiger partial charge in [0, 0.05) is 25.2 Å². The average Bonchev–Trinajstić information content (AvgIpc) is 2.83. The van der Waals surface area contributed by atoms with Gasteiger partial charge in [-0.3, -0.25) is 0 Å². The Morgan fingerprint density at radius 2 is 2.00 bits per heavy atom. The van der Waals surface area contributed by atoms with Crippen molar-refractivity contribution >= 4 is 0 Å². The second-order valence-electron chi connectivity index (χ2n) is 5.79. The molecule has 1 atom stereocenters. The molecule has 1 unspecified atom stereocenters. The summed E-state index contributed by atoms with van der Waals surface area (Å²) in [5, 5.41) is 3.70. The molecule has 0 heterocycles. The number of hydrogen-bond acceptors (Lipinski definition) is 4. The highest BCUT2D eigenvalue weighted by molar-refractivity contribution is 4.95. The minimum atomic E-state index is 0.356. The molecule has 0 aromatic carbocycles. The Labute approximate surface area is 112 Å². The van der Waals surface area contributed by atoms with Crippen molar-refractivity contribution in [2.24, 2.45) is 5.73 Å². The van der Waals surface area contributed by atoms with Crippen LogP contribution in [0.5, 0.6) is 0 Å². The van der Waals surface area contributed by atoms with Gasteiger partial charge in [-0.25, -0.2) is 0 Å². The highest BCUT2D eigenvalue weighted by Gasteiger charge is 2.35. The van der Waals surface area contributed by atoms with Gasteiger partial charge in [0.25, 0.3) is 0 Å². The van der Waals surface area contributed by atoms with Crippen molar-refractivity contribution in [3.8, 4) is 0 Å². The van der Waals surface area contributed by atoms with Crippen molar-refractivity contribution in [2.75, 3.05) is 40.9 Å². The van der Waals surface area contributed by atoms with Crippen LogP contribution in [0.15, 0.2) is 0 Å². The molecule has 18 heavy (non-hydrogen) atoms. The van der Waals surface area contributed by atoms with Gasteiger partial charge in [0.2, 0.25) is 0 Å². The zero-order valence-corrected chi connectivity index (χ0v) is 12.4. The first-order valence-corrected chi connectivity index (χ1v) is 7.24. The summed E-state index contributed by atoms with van der Waals surface area (Å²) in [6.45, 7) is 2.61. The van der Waals surface area contributed by atoms with Gasteiger partial charge < -0.3 is 20.7 Å². The van der Waals surface area contributed by atoms with E-state index in [1.165, 1.54) is 25.7 Å². The van der Waals surface area contributed by atoms with Crippen LogP contribution in [0.25, 0.3) is 0 Å². The molecule has 1 aliphatic carbocycles. The summed E-state index contributed by atoms with van der Waals surface area (Å²) >= 11 is 0. The highest BCUT2D eigenvalue weighted by atomic mass is 16.5. The monoisotopic (exact) mass is 257 g/mol. The molecule has 108 valence electrons. The normalized spacial score (nSPS) is 20.5. The number of ether oxygens (including phenoxy) is 1. The zero-order valence-electron chi connectivity index (χ0n) is 12.4. The Hall–Kier alpha value is -0.160. The minimum absolute atomic E-state index is 0.356. The van der Waals surface area contributed by atoms with E-state index >= 15 is 0 Å². The topological polar surface area (TPSA) is 50.5 Å². The van der Waals surface area contributed by atoms with Gasteiger partial charge in [-0.1, -0.05) is 12.8 Å². The molecule has 0 aromatic rings. The lowest BCUT2D eigenvalue weighted by Crippen LogP contribution is -2.52. The first-order chi connectivity index (χ1) is 8.64. The van der Waals surface area contributed by atoms with Crippen LogP contribution in [0.4, 0.5) is 0 Å². The lowest BCUT2D eigenvalue weighted by Gasteiger charge is -2.38. The number of likely N-dealkylation sites (N-methyl/N-ethyl adjacent to an activating group) is 1. The Kier molecular flexibility index (Phi) is 7.15. The molecular formula is C14H31N3O. The van der Waals surface area contributed by atoms with E-state index in [0.717, 1.165) is 32.5 Å². The molecule has 4 heteroatoms. The third kappa shape index (κ3) is 4.50. The van der Waals surface area contributed by atoms with Crippen LogP contribution in [0.1, 0.15) is 38.5 Å².